The molecule has 15 heavy (non-hydrogen) atoms. The summed E-state index contributed by atoms with van der Waals surface area (Å²) >= 11 is 0. The van der Waals surface area contributed by atoms with Gasteiger partial charge >= 0.3 is 0 Å². The molecule has 0 aromatic heterocycles. The number of hydrogen-bond acceptors (Lipinski definition) is 2. The van der Waals surface area contributed by atoms with Crippen LogP contribution in [0.15, 0.2) is 18.2 Å². The van der Waals surface area contributed by atoms with Gasteiger partial charge < -0.3 is 9.84 Å². The van der Waals surface area contributed by atoms with E-state index in [-0.39, 0.29) is 12.0 Å². The smallest absolute Gasteiger partial charge is 0.123 e. The largest absolute Gasteiger partial charge is 0.494 e. The molecule has 1 rings (SSSR count). The van der Waals surface area contributed by atoms with E-state index in [1.165, 1.54) is 0 Å². The van der Waals surface area contributed by atoms with Crippen LogP contribution in [0.25, 0.3) is 0 Å². The molecule has 0 fully saturated rings. The van der Waals surface area contributed by atoms with Crippen LogP contribution in [0.2, 0.25) is 0 Å². The van der Waals surface area contributed by atoms with Gasteiger partial charge in [-0.15, -0.1) is 0 Å². The molecule has 0 aliphatic carbocycles. The molecule has 0 aliphatic rings. The molecular formula is C13H20O2. The van der Waals surface area contributed by atoms with E-state index >= 15 is 0 Å². The molecule has 0 atom stereocenters. The van der Waals surface area contributed by atoms with E-state index in [1.807, 2.05) is 25.1 Å². The van der Waals surface area contributed by atoms with Crippen LogP contribution in [0, 0.1) is 0 Å². The second-order valence-electron chi connectivity index (χ2n) is 4.67. The van der Waals surface area contributed by atoms with Crippen LogP contribution in [0.3, 0.4) is 0 Å². The Hall–Kier alpha value is -1.02. The number of aliphatic hydroxyl groups is 1. The summed E-state index contributed by atoms with van der Waals surface area (Å²) in [7, 11) is 0. The predicted molar refractivity (Wildman–Crippen MR) is 62.2 cm³/mol. The van der Waals surface area contributed by atoms with Crippen molar-refractivity contribution in [3.8, 4) is 5.75 Å². The van der Waals surface area contributed by atoms with E-state index in [0.717, 1.165) is 16.9 Å². The minimum Gasteiger partial charge on any atom is -0.494 e. The van der Waals surface area contributed by atoms with E-state index in [2.05, 4.69) is 20.8 Å². The Morgan fingerprint density at radius 3 is 2.40 bits per heavy atom. The Morgan fingerprint density at radius 1 is 1.27 bits per heavy atom. The maximum Gasteiger partial charge on any atom is 0.123 e. The first-order valence-electron chi connectivity index (χ1n) is 5.36. The summed E-state index contributed by atoms with van der Waals surface area (Å²) in [6.07, 6.45) is 0. The summed E-state index contributed by atoms with van der Waals surface area (Å²) in [5.41, 5.74) is 2.12. The molecule has 1 aromatic rings. The first kappa shape index (κ1) is 12.1. The molecule has 0 saturated carbocycles. The van der Waals surface area contributed by atoms with Crippen LogP contribution in [0.4, 0.5) is 0 Å². The molecule has 0 unspecified atom stereocenters. The van der Waals surface area contributed by atoms with Crippen LogP contribution in [0.5, 0.6) is 5.75 Å². The number of benzene rings is 1. The van der Waals surface area contributed by atoms with E-state index in [1.54, 1.807) is 0 Å². The Bertz CT molecular complexity index is 324. The number of ether oxygens (including phenoxy) is 1. The van der Waals surface area contributed by atoms with Gasteiger partial charge in [-0.05, 0) is 35.6 Å². The molecule has 2 heteroatoms. The van der Waals surface area contributed by atoms with Gasteiger partial charge in [0.1, 0.15) is 5.75 Å². The molecule has 0 spiro atoms. The molecular weight excluding hydrogens is 188 g/mol. The van der Waals surface area contributed by atoms with Gasteiger partial charge in [0.25, 0.3) is 0 Å². The lowest BCUT2D eigenvalue weighted by molar-refractivity contribution is 0.280. The predicted octanol–water partition coefficient (Wildman–Crippen LogP) is 2.88. The van der Waals surface area contributed by atoms with Crippen molar-refractivity contribution in [2.45, 2.75) is 39.7 Å². The summed E-state index contributed by atoms with van der Waals surface area (Å²) < 4.78 is 5.58. The van der Waals surface area contributed by atoms with Crippen molar-refractivity contribution in [3.05, 3.63) is 29.3 Å². The highest BCUT2D eigenvalue weighted by Crippen LogP contribution is 2.32. The highest BCUT2D eigenvalue weighted by molar-refractivity contribution is 5.41. The van der Waals surface area contributed by atoms with Crippen molar-refractivity contribution in [1.82, 2.24) is 0 Å². The third kappa shape index (κ3) is 2.96. The van der Waals surface area contributed by atoms with Gasteiger partial charge in [0, 0.05) is 0 Å². The fourth-order valence-corrected chi connectivity index (χ4v) is 1.54. The lowest BCUT2D eigenvalue weighted by atomic mass is 9.85. The molecule has 84 valence electrons. The zero-order valence-electron chi connectivity index (χ0n) is 10.0. The summed E-state index contributed by atoms with van der Waals surface area (Å²) in [6.45, 7) is 9.16. The van der Waals surface area contributed by atoms with Crippen molar-refractivity contribution >= 4 is 0 Å². The summed E-state index contributed by atoms with van der Waals surface area (Å²) in [4.78, 5) is 0. The van der Waals surface area contributed by atoms with E-state index in [9.17, 15) is 0 Å². The molecule has 1 N–H and O–H groups in total. The molecule has 0 aliphatic heterocycles. The lowest BCUT2D eigenvalue weighted by Crippen LogP contribution is -2.14. The van der Waals surface area contributed by atoms with Crippen molar-refractivity contribution in [2.24, 2.45) is 0 Å². The van der Waals surface area contributed by atoms with Gasteiger partial charge in [0.15, 0.2) is 0 Å². The standard InChI is InChI=1S/C13H20O2/c1-5-15-12-7-6-10(9-14)8-11(12)13(2,3)4/h6-8,14H,5,9H2,1-4H3. The monoisotopic (exact) mass is 208 g/mol. The molecule has 2 nitrogen and oxygen atoms in total. The van der Waals surface area contributed by atoms with Crippen LogP contribution >= 0.6 is 0 Å². The SMILES string of the molecule is CCOc1ccc(CO)cc1C(C)(C)C. The highest BCUT2D eigenvalue weighted by Gasteiger charge is 2.19. The molecule has 0 saturated heterocycles. The van der Waals surface area contributed by atoms with Gasteiger partial charge in [-0.1, -0.05) is 26.8 Å². The topological polar surface area (TPSA) is 29.5 Å². The Morgan fingerprint density at radius 2 is 1.93 bits per heavy atom. The molecule has 1 aromatic carbocycles. The molecule has 0 bridgehead atoms. The minimum absolute atomic E-state index is 0.0374. The van der Waals surface area contributed by atoms with Crippen LogP contribution in [-0.4, -0.2) is 11.7 Å². The van der Waals surface area contributed by atoms with Crippen molar-refractivity contribution in [3.63, 3.8) is 0 Å². The number of rotatable bonds is 3. The van der Waals surface area contributed by atoms with Crippen LogP contribution in [-0.2, 0) is 12.0 Å². The minimum atomic E-state index is 0.0374. The third-order valence-electron chi connectivity index (χ3n) is 2.33. The van der Waals surface area contributed by atoms with Gasteiger partial charge in [0.2, 0.25) is 0 Å². The van der Waals surface area contributed by atoms with Gasteiger partial charge in [-0.2, -0.15) is 0 Å². The van der Waals surface area contributed by atoms with Crippen molar-refractivity contribution in [2.75, 3.05) is 6.61 Å². The van der Waals surface area contributed by atoms with E-state index in [4.69, 9.17) is 9.84 Å². The van der Waals surface area contributed by atoms with Gasteiger partial charge in [-0.25, -0.2) is 0 Å². The average molecular weight is 208 g/mol. The van der Waals surface area contributed by atoms with Crippen LogP contribution in [0.1, 0.15) is 38.8 Å². The second kappa shape index (κ2) is 4.67. The fraction of sp³-hybridized carbons (Fsp3) is 0.538. The fourth-order valence-electron chi connectivity index (χ4n) is 1.54. The highest BCUT2D eigenvalue weighted by atomic mass is 16.5. The maximum absolute atomic E-state index is 9.11. The molecule has 0 heterocycles. The first-order chi connectivity index (χ1) is 6.99. The molecule has 0 radical (unpaired) electrons. The molecule has 0 amide bonds. The first-order valence-corrected chi connectivity index (χ1v) is 5.36. The third-order valence-corrected chi connectivity index (χ3v) is 2.33. The van der Waals surface area contributed by atoms with E-state index in [0.29, 0.717) is 6.61 Å². The Labute approximate surface area is 91.9 Å². The van der Waals surface area contributed by atoms with E-state index < -0.39 is 0 Å². The normalized spacial score (nSPS) is 11.5. The number of hydrogen-bond donors (Lipinski definition) is 1. The van der Waals surface area contributed by atoms with Crippen molar-refractivity contribution < 1.29 is 9.84 Å². The summed E-state index contributed by atoms with van der Waals surface area (Å²) in [6, 6.07) is 5.86. The maximum atomic E-state index is 9.11. The Kier molecular flexibility index (Phi) is 3.75. The second-order valence-corrected chi connectivity index (χ2v) is 4.67. The van der Waals surface area contributed by atoms with Crippen LogP contribution < -0.4 is 4.74 Å². The zero-order valence-corrected chi connectivity index (χ0v) is 10.0. The summed E-state index contributed by atoms with van der Waals surface area (Å²) in [5.74, 6) is 0.919. The summed E-state index contributed by atoms with van der Waals surface area (Å²) in [5, 5.41) is 9.11. The number of aliphatic hydroxyl groups excluding tert-OH is 1. The average Bonchev–Trinajstić information content (AvgIpc) is 2.17. The lowest BCUT2D eigenvalue weighted by Gasteiger charge is -2.23. The zero-order chi connectivity index (χ0) is 11.5. The van der Waals surface area contributed by atoms with Gasteiger partial charge in [0.05, 0.1) is 13.2 Å². The Balaban J connectivity index is 3.16. The van der Waals surface area contributed by atoms with Crippen molar-refractivity contribution in [1.29, 1.82) is 0 Å². The van der Waals surface area contributed by atoms with Gasteiger partial charge in [-0.3, -0.25) is 0 Å². The quantitative estimate of drug-likeness (QED) is 0.827.